The van der Waals surface area contributed by atoms with Gasteiger partial charge in [-0.15, -0.1) is 0 Å². The summed E-state index contributed by atoms with van der Waals surface area (Å²) in [6.07, 6.45) is 11.8. The standard InChI is InChI=1S/C23H28N2/c1-23(16-18-25-19-17-24-20-25,14-12-21-8-4-2-5-9-21)15-13-22-10-6-3-7-11-22/h2-11,17,19-20H,12-16,18H2,1H3. The lowest BCUT2D eigenvalue weighted by Crippen LogP contribution is -2.21. The van der Waals surface area contributed by atoms with Crippen molar-refractivity contribution in [2.75, 3.05) is 0 Å². The van der Waals surface area contributed by atoms with Crippen molar-refractivity contribution in [2.45, 2.75) is 45.6 Å². The largest absolute Gasteiger partial charge is 0.337 e. The summed E-state index contributed by atoms with van der Waals surface area (Å²) in [5, 5.41) is 0. The van der Waals surface area contributed by atoms with Crippen LogP contribution >= 0.6 is 0 Å². The average molecular weight is 332 g/mol. The van der Waals surface area contributed by atoms with Crippen LogP contribution in [-0.2, 0) is 19.4 Å². The number of aromatic nitrogens is 2. The van der Waals surface area contributed by atoms with Gasteiger partial charge in [-0.25, -0.2) is 4.98 Å². The van der Waals surface area contributed by atoms with Gasteiger partial charge in [0.05, 0.1) is 6.33 Å². The average Bonchev–Trinajstić information content (AvgIpc) is 3.19. The van der Waals surface area contributed by atoms with Crippen LogP contribution in [0.2, 0.25) is 0 Å². The van der Waals surface area contributed by atoms with Gasteiger partial charge in [0.1, 0.15) is 0 Å². The Labute approximate surface area is 151 Å². The summed E-state index contributed by atoms with van der Waals surface area (Å²) in [7, 11) is 0. The van der Waals surface area contributed by atoms with Crippen LogP contribution in [0.25, 0.3) is 0 Å². The van der Waals surface area contributed by atoms with E-state index in [1.165, 1.54) is 30.4 Å². The first-order valence-corrected chi connectivity index (χ1v) is 9.27. The molecule has 0 fully saturated rings. The highest BCUT2D eigenvalue weighted by atomic mass is 15.0. The molecule has 0 aliphatic carbocycles. The maximum atomic E-state index is 4.17. The van der Waals surface area contributed by atoms with Crippen molar-refractivity contribution in [1.82, 2.24) is 9.55 Å². The fourth-order valence-corrected chi connectivity index (χ4v) is 3.37. The Kier molecular flexibility index (Phi) is 6.05. The molecule has 0 aliphatic heterocycles. The van der Waals surface area contributed by atoms with Crippen molar-refractivity contribution >= 4 is 0 Å². The molecule has 1 aromatic heterocycles. The fraction of sp³-hybridized carbons (Fsp3) is 0.348. The van der Waals surface area contributed by atoms with Crippen molar-refractivity contribution in [3.63, 3.8) is 0 Å². The van der Waals surface area contributed by atoms with Gasteiger partial charge in [0.25, 0.3) is 0 Å². The van der Waals surface area contributed by atoms with Crippen LogP contribution in [0.3, 0.4) is 0 Å². The predicted molar refractivity (Wildman–Crippen MR) is 104 cm³/mol. The molecule has 0 saturated heterocycles. The van der Waals surface area contributed by atoms with Crippen LogP contribution in [0.1, 0.15) is 37.3 Å². The normalized spacial score (nSPS) is 11.6. The Morgan fingerprint density at radius 3 is 1.84 bits per heavy atom. The second kappa shape index (κ2) is 8.66. The highest BCUT2D eigenvalue weighted by Crippen LogP contribution is 2.34. The van der Waals surface area contributed by atoms with Crippen LogP contribution in [0.15, 0.2) is 79.4 Å². The zero-order valence-corrected chi connectivity index (χ0v) is 15.1. The molecule has 130 valence electrons. The molecule has 0 bridgehead atoms. The smallest absolute Gasteiger partial charge is 0.0945 e. The van der Waals surface area contributed by atoms with Crippen molar-refractivity contribution < 1.29 is 0 Å². The summed E-state index contributed by atoms with van der Waals surface area (Å²) < 4.78 is 2.20. The molecule has 3 aromatic rings. The minimum Gasteiger partial charge on any atom is -0.337 e. The summed E-state index contributed by atoms with van der Waals surface area (Å²) in [5.74, 6) is 0. The number of aryl methyl sites for hydroxylation is 3. The minimum atomic E-state index is 0.329. The van der Waals surface area contributed by atoms with Gasteiger partial charge in [-0.1, -0.05) is 67.6 Å². The lowest BCUT2D eigenvalue weighted by Gasteiger charge is -2.30. The van der Waals surface area contributed by atoms with E-state index in [0.717, 1.165) is 19.4 Å². The first kappa shape index (κ1) is 17.5. The van der Waals surface area contributed by atoms with E-state index in [1.807, 2.05) is 12.5 Å². The number of rotatable bonds is 9. The summed E-state index contributed by atoms with van der Waals surface area (Å²) in [6, 6.07) is 21.7. The molecule has 1 heterocycles. The monoisotopic (exact) mass is 332 g/mol. The van der Waals surface area contributed by atoms with Crippen LogP contribution in [0, 0.1) is 5.41 Å². The van der Waals surface area contributed by atoms with Crippen molar-refractivity contribution in [3.05, 3.63) is 90.5 Å². The Hall–Kier alpha value is -2.35. The summed E-state index contributed by atoms with van der Waals surface area (Å²) in [4.78, 5) is 4.17. The zero-order valence-electron chi connectivity index (χ0n) is 15.1. The quantitative estimate of drug-likeness (QED) is 0.502. The van der Waals surface area contributed by atoms with Crippen LogP contribution in [0.5, 0.6) is 0 Å². The molecule has 0 amide bonds. The van der Waals surface area contributed by atoms with Gasteiger partial charge >= 0.3 is 0 Å². The van der Waals surface area contributed by atoms with E-state index < -0.39 is 0 Å². The molecule has 25 heavy (non-hydrogen) atoms. The van der Waals surface area contributed by atoms with E-state index in [0.29, 0.717) is 5.41 Å². The van der Waals surface area contributed by atoms with Gasteiger partial charge in [0.15, 0.2) is 0 Å². The topological polar surface area (TPSA) is 17.8 Å². The number of imidazole rings is 1. The number of hydrogen-bond donors (Lipinski definition) is 0. The predicted octanol–water partition coefficient (Wildman–Crippen LogP) is 5.55. The summed E-state index contributed by atoms with van der Waals surface area (Å²) >= 11 is 0. The molecule has 0 unspecified atom stereocenters. The van der Waals surface area contributed by atoms with Gasteiger partial charge in [-0.05, 0) is 48.6 Å². The molecule has 2 aromatic carbocycles. The fourth-order valence-electron chi connectivity index (χ4n) is 3.37. The number of nitrogens with zero attached hydrogens (tertiary/aromatic N) is 2. The highest BCUT2D eigenvalue weighted by molar-refractivity contribution is 5.16. The van der Waals surface area contributed by atoms with E-state index >= 15 is 0 Å². The van der Waals surface area contributed by atoms with Crippen LogP contribution in [0.4, 0.5) is 0 Å². The van der Waals surface area contributed by atoms with Gasteiger partial charge < -0.3 is 4.57 Å². The summed E-state index contributed by atoms with van der Waals surface area (Å²) in [6.45, 7) is 3.50. The summed E-state index contributed by atoms with van der Waals surface area (Å²) in [5.41, 5.74) is 3.21. The van der Waals surface area contributed by atoms with Gasteiger partial charge in [-0.3, -0.25) is 0 Å². The van der Waals surface area contributed by atoms with Crippen molar-refractivity contribution in [2.24, 2.45) is 5.41 Å². The lowest BCUT2D eigenvalue weighted by molar-refractivity contribution is 0.236. The Morgan fingerprint density at radius 1 is 0.800 bits per heavy atom. The van der Waals surface area contributed by atoms with Crippen molar-refractivity contribution in [1.29, 1.82) is 0 Å². The maximum absolute atomic E-state index is 4.17. The minimum absolute atomic E-state index is 0.329. The van der Waals surface area contributed by atoms with E-state index in [-0.39, 0.29) is 0 Å². The molecule has 0 atom stereocenters. The Morgan fingerprint density at radius 2 is 1.36 bits per heavy atom. The molecule has 0 N–H and O–H groups in total. The van der Waals surface area contributed by atoms with E-state index in [2.05, 4.69) is 83.3 Å². The van der Waals surface area contributed by atoms with Crippen molar-refractivity contribution in [3.8, 4) is 0 Å². The molecule has 2 heteroatoms. The molecule has 2 nitrogen and oxygen atoms in total. The first-order chi connectivity index (χ1) is 12.2. The maximum Gasteiger partial charge on any atom is 0.0945 e. The van der Waals surface area contributed by atoms with Gasteiger partial charge in [0.2, 0.25) is 0 Å². The third kappa shape index (κ3) is 5.60. The third-order valence-corrected chi connectivity index (χ3v) is 5.25. The van der Waals surface area contributed by atoms with Gasteiger partial charge in [-0.2, -0.15) is 0 Å². The molecule has 0 aliphatic rings. The number of hydrogen-bond acceptors (Lipinski definition) is 1. The highest BCUT2D eigenvalue weighted by Gasteiger charge is 2.24. The first-order valence-electron chi connectivity index (χ1n) is 9.27. The zero-order chi connectivity index (χ0) is 17.4. The van der Waals surface area contributed by atoms with E-state index in [4.69, 9.17) is 0 Å². The molecular weight excluding hydrogens is 304 g/mol. The van der Waals surface area contributed by atoms with Crippen LogP contribution < -0.4 is 0 Å². The second-order valence-electron chi connectivity index (χ2n) is 7.33. The molecule has 0 saturated carbocycles. The van der Waals surface area contributed by atoms with E-state index in [1.54, 1.807) is 0 Å². The third-order valence-electron chi connectivity index (χ3n) is 5.25. The number of benzene rings is 2. The van der Waals surface area contributed by atoms with Gasteiger partial charge in [0, 0.05) is 18.9 Å². The molecule has 0 radical (unpaired) electrons. The molecular formula is C23H28N2. The molecule has 0 spiro atoms. The lowest BCUT2D eigenvalue weighted by atomic mass is 9.76. The molecule has 3 rings (SSSR count). The SMILES string of the molecule is CC(CCc1ccccc1)(CCc1ccccc1)CCn1ccnc1. The van der Waals surface area contributed by atoms with E-state index in [9.17, 15) is 0 Å². The Bertz CT molecular complexity index is 674. The second-order valence-corrected chi connectivity index (χ2v) is 7.33. The van der Waals surface area contributed by atoms with Crippen LogP contribution in [-0.4, -0.2) is 9.55 Å². The Balaban J connectivity index is 1.63.